The first-order chi connectivity index (χ1) is 15.3. The Morgan fingerprint density at radius 1 is 1.12 bits per heavy atom. The number of amides is 4. The Morgan fingerprint density at radius 2 is 1.73 bits per heavy atom. The zero-order valence-electron chi connectivity index (χ0n) is 19.5. The molecule has 0 saturated carbocycles. The van der Waals surface area contributed by atoms with Gasteiger partial charge < -0.3 is 21.1 Å². The number of nitrogens with one attached hydrogen (secondary N) is 2. The minimum atomic E-state index is -1.47. The number of carbonyl (C=O) groups excluding carboxylic acids is 4. The largest absolute Gasteiger partial charge is 0.444 e. The Balaban J connectivity index is 3.47. The topological polar surface area (TPSA) is 131 Å². The van der Waals surface area contributed by atoms with Crippen molar-refractivity contribution in [3.8, 4) is 24.8 Å². The highest BCUT2D eigenvalue weighted by Gasteiger charge is 2.37. The molecule has 4 N–H and O–H groups in total. The third-order valence-electron chi connectivity index (χ3n) is 4.12. The highest BCUT2D eigenvalue weighted by Crippen LogP contribution is 2.25. The van der Waals surface area contributed by atoms with Crippen molar-refractivity contribution < 1.29 is 23.9 Å². The summed E-state index contributed by atoms with van der Waals surface area (Å²) < 4.78 is 5.16. The van der Waals surface area contributed by atoms with E-state index in [9.17, 15) is 19.2 Å². The molecule has 1 aromatic rings. The van der Waals surface area contributed by atoms with Crippen LogP contribution in [-0.4, -0.2) is 46.4 Å². The lowest BCUT2D eigenvalue weighted by atomic mass is 9.97. The van der Waals surface area contributed by atoms with Crippen molar-refractivity contribution in [1.29, 1.82) is 0 Å². The van der Waals surface area contributed by atoms with Gasteiger partial charge in [-0.3, -0.25) is 19.3 Å². The molecule has 0 bridgehead atoms. The standard InChI is InChI=1S/C24H30N4O5/c1-8-16-12-10-11-13-17(16)20(21(30)26-15(3)4)28(9-2)22(31)18(14-19(25)29)27-23(32)33-24(5,6)7/h1-2,10-13,15,18,20H,14H2,3-7H3,(H2,25,29)(H,26,30)(H,27,32). The third kappa shape index (κ3) is 8.23. The van der Waals surface area contributed by atoms with E-state index in [1.807, 2.05) is 0 Å². The average Bonchev–Trinajstić information content (AvgIpc) is 2.68. The molecule has 0 aliphatic carbocycles. The van der Waals surface area contributed by atoms with Crippen LogP contribution < -0.4 is 16.4 Å². The molecule has 0 spiro atoms. The van der Waals surface area contributed by atoms with Crippen LogP contribution in [0.15, 0.2) is 24.3 Å². The van der Waals surface area contributed by atoms with E-state index in [0.29, 0.717) is 11.1 Å². The van der Waals surface area contributed by atoms with E-state index in [2.05, 4.69) is 22.6 Å². The maximum atomic E-state index is 13.4. The van der Waals surface area contributed by atoms with Crippen molar-refractivity contribution in [3.63, 3.8) is 0 Å². The van der Waals surface area contributed by atoms with E-state index < -0.39 is 47.9 Å². The first kappa shape index (κ1) is 27.1. The second-order valence-electron chi connectivity index (χ2n) is 8.50. The fourth-order valence-electron chi connectivity index (χ4n) is 2.91. The molecule has 9 nitrogen and oxygen atoms in total. The molecule has 0 aliphatic rings. The minimum Gasteiger partial charge on any atom is -0.444 e. The molecule has 0 aromatic heterocycles. The van der Waals surface area contributed by atoms with Gasteiger partial charge in [0.15, 0.2) is 0 Å². The normalized spacial score (nSPS) is 12.5. The molecule has 0 saturated heterocycles. The fraction of sp³-hybridized carbons (Fsp3) is 0.417. The number of nitrogens with two attached hydrogens (primary N) is 1. The summed E-state index contributed by atoms with van der Waals surface area (Å²) in [5.74, 6) is 0.111. The molecule has 176 valence electrons. The Kier molecular flexibility index (Phi) is 9.50. The van der Waals surface area contributed by atoms with Crippen LogP contribution in [0.1, 0.15) is 58.2 Å². The molecule has 9 heteroatoms. The monoisotopic (exact) mass is 454 g/mol. The van der Waals surface area contributed by atoms with E-state index in [1.165, 1.54) is 0 Å². The van der Waals surface area contributed by atoms with Crippen LogP contribution >= 0.6 is 0 Å². The van der Waals surface area contributed by atoms with E-state index in [-0.39, 0.29) is 6.04 Å². The van der Waals surface area contributed by atoms with E-state index in [4.69, 9.17) is 23.3 Å². The van der Waals surface area contributed by atoms with Crippen LogP contribution in [0.5, 0.6) is 0 Å². The summed E-state index contributed by atoms with van der Waals surface area (Å²) in [6.45, 7) is 8.38. The van der Waals surface area contributed by atoms with Crippen LogP contribution in [0.4, 0.5) is 4.79 Å². The Bertz CT molecular complexity index is 982. The summed E-state index contributed by atoms with van der Waals surface area (Å²) in [6, 6.07) is 5.62. The van der Waals surface area contributed by atoms with Crippen molar-refractivity contribution in [2.24, 2.45) is 5.73 Å². The second kappa shape index (κ2) is 11.6. The molecule has 2 unspecified atom stereocenters. The van der Waals surface area contributed by atoms with Crippen molar-refractivity contribution in [2.75, 3.05) is 0 Å². The maximum absolute atomic E-state index is 13.4. The molecule has 0 aliphatic heterocycles. The van der Waals surface area contributed by atoms with Crippen LogP contribution in [0.3, 0.4) is 0 Å². The summed E-state index contributed by atoms with van der Waals surface area (Å²) in [5, 5.41) is 5.03. The highest BCUT2D eigenvalue weighted by atomic mass is 16.6. The van der Waals surface area contributed by atoms with E-state index in [1.54, 1.807) is 58.9 Å². The molecule has 0 heterocycles. The van der Waals surface area contributed by atoms with Crippen LogP contribution in [0.2, 0.25) is 0 Å². The highest BCUT2D eigenvalue weighted by molar-refractivity contribution is 5.95. The number of alkyl carbamates (subject to hydrolysis) is 1. The molecule has 4 amide bonds. The number of ether oxygens (including phenoxy) is 1. The first-order valence-corrected chi connectivity index (χ1v) is 10.2. The SMILES string of the molecule is C#Cc1ccccc1C(C(=O)NC(C)C)N(C#C)C(=O)C(CC(N)=O)NC(=O)OC(C)(C)C. The third-order valence-corrected chi connectivity index (χ3v) is 4.12. The summed E-state index contributed by atoms with van der Waals surface area (Å²) >= 11 is 0. The van der Waals surface area contributed by atoms with Crippen molar-refractivity contribution in [1.82, 2.24) is 15.5 Å². The lowest BCUT2D eigenvalue weighted by Gasteiger charge is -2.31. The van der Waals surface area contributed by atoms with Gasteiger partial charge >= 0.3 is 6.09 Å². The number of benzene rings is 1. The summed E-state index contributed by atoms with van der Waals surface area (Å²) in [7, 11) is 0. The number of nitrogens with zero attached hydrogens (tertiary/aromatic N) is 1. The van der Waals surface area contributed by atoms with Gasteiger partial charge in [0.2, 0.25) is 11.8 Å². The number of hydrogen-bond donors (Lipinski definition) is 3. The summed E-state index contributed by atoms with van der Waals surface area (Å²) in [6.07, 6.45) is 9.71. The molecule has 1 aromatic carbocycles. The van der Waals surface area contributed by atoms with E-state index >= 15 is 0 Å². The zero-order valence-corrected chi connectivity index (χ0v) is 19.5. The average molecular weight is 455 g/mol. The molecule has 1 rings (SSSR count). The summed E-state index contributed by atoms with van der Waals surface area (Å²) in [5.41, 5.74) is 5.07. The molecule has 33 heavy (non-hydrogen) atoms. The quantitative estimate of drug-likeness (QED) is 0.404. The molecule has 2 atom stereocenters. The number of rotatable bonds is 8. The van der Waals surface area contributed by atoms with Gasteiger partial charge in [-0.25, -0.2) is 4.79 Å². The predicted molar refractivity (Wildman–Crippen MR) is 123 cm³/mol. The fourth-order valence-corrected chi connectivity index (χ4v) is 2.91. The van der Waals surface area contributed by atoms with E-state index in [0.717, 1.165) is 4.90 Å². The van der Waals surface area contributed by atoms with Gasteiger partial charge in [0.1, 0.15) is 17.7 Å². The zero-order chi connectivity index (χ0) is 25.3. The number of primary amides is 1. The number of hydrogen-bond acceptors (Lipinski definition) is 5. The Morgan fingerprint density at radius 3 is 2.21 bits per heavy atom. The maximum Gasteiger partial charge on any atom is 0.408 e. The molecular formula is C24H30N4O5. The Labute approximate surface area is 194 Å². The smallest absolute Gasteiger partial charge is 0.408 e. The first-order valence-electron chi connectivity index (χ1n) is 10.2. The number of terminal acetylenes is 2. The molecule has 0 radical (unpaired) electrons. The van der Waals surface area contributed by atoms with Gasteiger partial charge in [-0.2, -0.15) is 0 Å². The number of carbonyl (C=O) groups is 4. The lowest BCUT2D eigenvalue weighted by Crippen LogP contribution is -2.53. The second-order valence-corrected chi connectivity index (χ2v) is 8.50. The lowest BCUT2D eigenvalue weighted by molar-refractivity contribution is -0.139. The summed E-state index contributed by atoms with van der Waals surface area (Å²) in [4.78, 5) is 51.2. The van der Waals surface area contributed by atoms with Crippen molar-refractivity contribution in [2.45, 2.75) is 64.8 Å². The van der Waals surface area contributed by atoms with Crippen molar-refractivity contribution >= 4 is 23.8 Å². The van der Waals surface area contributed by atoms with Gasteiger partial charge in [-0.15, -0.1) is 6.42 Å². The van der Waals surface area contributed by atoms with Crippen LogP contribution in [-0.2, 0) is 19.1 Å². The van der Waals surface area contributed by atoms with Gasteiger partial charge in [0, 0.05) is 23.2 Å². The molecule has 0 fully saturated rings. The van der Waals surface area contributed by atoms with Crippen molar-refractivity contribution in [3.05, 3.63) is 35.4 Å². The van der Waals surface area contributed by atoms with Gasteiger partial charge in [-0.1, -0.05) is 30.5 Å². The van der Waals surface area contributed by atoms with Crippen LogP contribution in [0, 0.1) is 24.8 Å². The Hall–Kier alpha value is -3.98. The predicted octanol–water partition coefficient (Wildman–Crippen LogP) is 1.42. The minimum absolute atomic E-state index is 0.269. The molecular weight excluding hydrogens is 424 g/mol. The van der Waals surface area contributed by atoms with Gasteiger partial charge in [0.05, 0.1) is 6.42 Å². The van der Waals surface area contributed by atoms with Gasteiger partial charge in [-0.05, 0) is 40.7 Å². The van der Waals surface area contributed by atoms with Crippen LogP contribution in [0.25, 0.3) is 0 Å². The van der Waals surface area contributed by atoms with Gasteiger partial charge in [0.25, 0.3) is 5.91 Å².